The van der Waals surface area contributed by atoms with Gasteiger partial charge in [-0.1, -0.05) is 30.3 Å². The molecule has 3 rings (SSSR count). The van der Waals surface area contributed by atoms with Crippen LogP contribution in [0.25, 0.3) is 11.1 Å². The van der Waals surface area contributed by atoms with Crippen molar-refractivity contribution in [3.8, 4) is 11.1 Å². The maximum absolute atomic E-state index is 11.9. The van der Waals surface area contributed by atoms with Crippen molar-refractivity contribution >= 4 is 21.9 Å². The van der Waals surface area contributed by atoms with Crippen molar-refractivity contribution in [2.75, 3.05) is 0 Å². The number of hydrogen-bond donors (Lipinski definition) is 2. The molecule has 2 aromatic rings. The number of amides is 2. The third-order valence-electron chi connectivity index (χ3n) is 3.21. The van der Waals surface area contributed by atoms with Gasteiger partial charge in [0.25, 0.3) is 21.9 Å². The van der Waals surface area contributed by atoms with Gasteiger partial charge >= 0.3 is 0 Å². The lowest BCUT2D eigenvalue weighted by Gasteiger charge is -2.11. The van der Waals surface area contributed by atoms with E-state index in [1.807, 2.05) is 0 Å². The average molecular weight is 303 g/mol. The number of carbonyl (C=O) groups is 2. The molecule has 21 heavy (non-hydrogen) atoms. The molecule has 0 aliphatic carbocycles. The normalized spacial score (nSPS) is 14.0. The number of rotatable bonds is 2. The average Bonchev–Trinajstić information content (AvgIpc) is 2.73. The summed E-state index contributed by atoms with van der Waals surface area (Å²) in [6.45, 7) is 0. The Morgan fingerprint density at radius 1 is 0.857 bits per heavy atom. The first-order valence-electron chi connectivity index (χ1n) is 5.95. The molecule has 1 aliphatic rings. The molecule has 0 bridgehead atoms. The van der Waals surface area contributed by atoms with Crippen LogP contribution in [-0.2, 0) is 10.1 Å². The van der Waals surface area contributed by atoms with Crippen molar-refractivity contribution in [1.29, 1.82) is 0 Å². The minimum absolute atomic E-state index is 0.0268. The third kappa shape index (κ3) is 2.12. The Balaban J connectivity index is 2.45. The monoisotopic (exact) mass is 303 g/mol. The molecule has 0 spiro atoms. The molecule has 0 radical (unpaired) electrons. The second-order valence-corrected chi connectivity index (χ2v) is 5.88. The van der Waals surface area contributed by atoms with Gasteiger partial charge in [-0.3, -0.25) is 19.5 Å². The predicted molar refractivity (Wildman–Crippen MR) is 73.5 cm³/mol. The lowest BCUT2D eigenvalue weighted by molar-refractivity contribution is 0.0880. The van der Waals surface area contributed by atoms with E-state index in [1.54, 1.807) is 30.3 Å². The van der Waals surface area contributed by atoms with Crippen LogP contribution in [0, 0.1) is 0 Å². The van der Waals surface area contributed by atoms with Gasteiger partial charge in [0.15, 0.2) is 0 Å². The topological polar surface area (TPSA) is 101 Å². The first-order valence-corrected chi connectivity index (χ1v) is 7.39. The van der Waals surface area contributed by atoms with Gasteiger partial charge in [-0.25, -0.2) is 0 Å². The zero-order valence-electron chi connectivity index (χ0n) is 10.5. The van der Waals surface area contributed by atoms with Gasteiger partial charge in [0.2, 0.25) is 0 Å². The number of carbonyl (C=O) groups excluding carboxylic acids is 2. The van der Waals surface area contributed by atoms with Crippen LogP contribution in [0.5, 0.6) is 0 Å². The summed E-state index contributed by atoms with van der Waals surface area (Å²) in [5.74, 6) is -1.27. The van der Waals surface area contributed by atoms with Gasteiger partial charge in [0.1, 0.15) is 4.90 Å². The van der Waals surface area contributed by atoms with E-state index < -0.39 is 26.8 Å². The van der Waals surface area contributed by atoms with Gasteiger partial charge in [-0.15, -0.1) is 0 Å². The quantitative estimate of drug-likeness (QED) is 0.646. The van der Waals surface area contributed by atoms with Gasteiger partial charge < -0.3 is 0 Å². The fraction of sp³-hybridized carbons (Fsp3) is 0. The Kier molecular flexibility index (Phi) is 2.89. The summed E-state index contributed by atoms with van der Waals surface area (Å²) in [6.07, 6.45) is 0. The summed E-state index contributed by atoms with van der Waals surface area (Å²) in [6, 6.07) is 10.6. The van der Waals surface area contributed by atoms with Crippen LogP contribution in [-0.4, -0.2) is 24.8 Å². The molecule has 0 fully saturated rings. The highest BCUT2D eigenvalue weighted by Gasteiger charge is 2.33. The molecule has 2 aromatic carbocycles. The highest BCUT2D eigenvalue weighted by Crippen LogP contribution is 2.34. The summed E-state index contributed by atoms with van der Waals surface area (Å²) in [4.78, 5) is 23.2. The van der Waals surface area contributed by atoms with Crippen LogP contribution in [0.15, 0.2) is 47.4 Å². The van der Waals surface area contributed by atoms with Crippen molar-refractivity contribution in [2.24, 2.45) is 0 Å². The molecule has 7 heteroatoms. The largest absolute Gasteiger partial charge is 0.295 e. The van der Waals surface area contributed by atoms with Crippen LogP contribution >= 0.6 is 0 Å². The summed E-state index contributed by atoms with van der Waals surface area (Å²) >= 11 is 0. The second kappa shape index (κ2) is 4.51. The van der Waals surface area contributed by atoms with Crippen LogP contribution in [0.3, 0.4) is 0 Å². The van der Waals surface area contributed by atoms with E-state index in [1.165, 1.54) is 6.07 Å². The first-order chi connectivity index (χ1) is 9.89. The molecule has 0 aromatic heterocycles. The molecule has 0 atom stereocenters. The molecule has 2 amide bonds. The minimum atomic E-state index is -4.54. The molecular formula is C14H9NO5S. The van der Waals surface area contributed by atoms with Crippen LogP contribution in [0.1, 0.15) is 20.7 Å². The molecule has 106 valence electrons. The van der Waals surface area contributed by atoms with Gasteiger partial charge in [-0.2, -0.15) is 8.42 Å². The summed E-state index contributed by atoms with van der Waals surface area (Å²) in [5.41, 5.74) is 0.498. The Morgan fingerprint density at radius 3 is 2.14 bits per heavy atom. The van der Waals surface area contributed by atoms with Crippen LogP contribution < -0.4 is 5.32 Å². The maximum Gasteiger partial charge on any atom is 0.295 e. The van der Waals surface area contributed by atoms with Crippen molar-refractivity contribution in [3.05, 3.63) is 53.6 Å². The molecule has 0 unspecified atom stereocenters. The Bertz CT molecular complexity index is 872. The fourth-order valence-corrected chi connectivity index (χ4v) is 3.07. The van der Waals surface area contributed by atoms with E-state index in [9.17, 15) is 22.6 Å². The first kappa shape index (κ1) is 13.5. The van der Waals surface area contributed by atoms with E-state index in [2.05, 4.69) is 5.32 Å². The van der Waals surface area contributed by atoms with Crippen LogP contribution in [0.2, 0.25) is 0 Å². The molecule has 6 nitrogen and oxygen atoms in total. The highest BCUT2D eigenvalue weighted by atomic mass is 32.2. The lowest BCUT2D eigenvalue weighted by Crippen LogP contribution is -2.20. The number of imide groups is 1. The standard InChI is InChI=1S/C14H9NO5S/c16-13-9-6-7-10(21(18,19)20)11(12(9)14(17)15-13)8-4-2-1-3-5-8/h1-7H,(H,15,16,17)(H,18,19,20). The van der Waals surface area contributed by atoms with E-state index in [0.717, 1.165) is 6.07 Å². The zero-order chi connectivity index (χ0) is 15.2. The number of fused-ring (bicyclic) bond motifs is 1. The number of nitrogens with one attached hydrogen (secondary N) is 1. The van der Waals surface area contributed by atoms with E-state index in [-0.39, 0.29) is 16.7 Å². The summed E-state index contributed by atoms with van der Waals surface area (Å²) in [7, 11) is -4.54. The van der Waals surface area contributed by atoms with Crippen LogP contribution in [0.4, 0.5) is 0 Å². The minimum Gasteiger partial charge on any atom is -0.288 e. The molecule has 0 saturated carbocycles. The van der Waals surface area contributed by atoms with E-state index >= 15 is 0 Å². The third-order valence-corrected chi connectivity index (χ3v) is 4.10. The fourth-order valence-electron chi connectivity index (χ4n) is 2.35. The SMILES string of the molecule is O=C1NC(=O)c2c1ccc(S(=O)(=O)O)c2-c1ccccc1. The van der Waals surface area contributed by atoms with Gasteiger partial charge in [0.05, 0.1) is 11.1 Å². The Morgan fingerprint density at radius 2 is 1.52 bits per heavy atom. The molecule has 0 saturated heterocycles. The van der Waals surface area contributed by atoms with E-state index in [4.69, 9.17) is 0 Å². The number of benzene rings is 2. The molecule has 1 heterocycles. The predicted octanol–water partition coefficient (Wildman–Crippen LogP) is 1.48. The molecule has 1 aliphatic heterocycles. The van der Waals surface area contributed by atoms with Crippen molar-refractivity contribution in [2.45, 2.75) is 4.90 Å². The smallest absolute Gasteiger partial charge is 0.288 e. The number of hydrogen-bond acceptors (Lipinski definition) is 4. The molecule has 2 N–H and O–H groups in total. The van der Waals surface area contributed by atoms with Crippen molar-refractivity contribution < 1.29 is 22.6 Å². The summed E-state index contributed by atoms with van der Waals surface area (Å²) < 4.78 is 32.5. The summed E-state index contributed by atoms with van der Waals surface area (Å²) in [5, 5.41) is 2.12. The Labute approximate surface area is 120 Å². The van der Waals surface area contributed by atoms with Crippen molar-refractivity contribution in [3.63, 3.8) is 0 Å². The van der Waals surface area contributed by atoms with Gasteiger partial charge in [-0.05, 0) is 17.7 Å². The highest BCUT2D eigenvalue weighted by molar-refractivity contribution is 7.86. The van der Waals surface area contributed by atoms with Crippen molar-refractivity contribution in [1.82, 2.24) is 5.32 Å². The maximum atomic E-state index is 11.9. The second-order valence-electron chi connectivity index (χ2n) is 4.49. The molecular weight excluding hydrogens is 294 g/mol. The Hall–Kier alpha value is -2.51. The zero-order valence-corrected chi connectivity index (χ0v) is 11.3. The lowest BCUT2D eigenvalue weighted by atomic mass is 9.96. The van der Waals surface area contributed by atoms with Gasteiger partial charge in [0, 0.05) is 5.56 Å². The van der Waals surface area contributed by atoms with E-state index in [0.29, 0.717) is 5.56 Å².